The molecule has 2 nitrogen and oxygen atoms in total. The van der Waals surface area contributed by atoms with E-state index in [1.807, 2.05) is 0 Å². The molecule has 1 unspecified atom stereocenters. The Morgan fingerprint density at radius 2 is 1.94 bits per heavy atom. The Kier molecular flexibility index (Phi) is 2.98. The molecule has 1 aromatic rings. The first-order valence-corrected chi connectivity index (χ1v) is 6.62. The van der Waals surface area contributed by atoms with Crippen molar-refractivity contribution in [1.29, 1.82) is 0 Å². The number of carbonyl (C=O) groups excluding carboxylic acids is 1. The highest BCUT2D eigenvalue weighted by molar-refractivity contribution is 5.82. The molecule has 17 heavy (non-hydrogen) atoms. The van der Waals surface area contributed by atoms with Gasteiger partial charge < -0.3 is 0 Å². The zero-order chi connectivity index (χ0) is 11.7. The largest absolute Gasteiger partial charge is 0.299 e. The van der Waals surface area contributed by atoms with Gasteiger partial charge in [0.1, 0.15) is 5.78 Å². The highest BCUT2D eigenvalue weighted by Crippen LogP contribution is 2.39. The van der Waals surface area contributed by atoms with Gasteiger partial charge in [0.05, 0.1) is 0 Å². The predicted octanol–water partition coefficient (Wildman–Crippen LogP) is 2.49. The van der Waals surface area contributed by atoms with E-state index in [2.05, 4.69) is 35.2 Å². The lowest BCUT2D eigenvalue weighted by molar-refractivity contribution is -0.127. The summed E-state index contributed by atoms with van der Waals surface area (Å²) in [6.07, 6.45) is 3.30. The highest BCUT2D eigenvalue weighted by atomic mass is 16.1. The van der Waals surface area contributed by atoms with Crippen molar-refractivity contribution < 1.29 is 4.79 Å². The molecule has 0 bridgehead atoms. The molecule has 1 saturated heterocycles. The molecule has 1 heterocycles. The molecule has 0 spiro atoms. The van der Waals surface area contributed by atoms with Crippen molar-refractivity contribution >= 4 is 5.78 Å². The summed E-state index contributed by atoms with van der Waals surface area (Å²) in [4.78, 5) is 14.3. The Balaban J connectivity index is 1.63. The van der Waals surface area contributed by atoms with Crippen LogP contribution in [0.25, 0.3) is 0 Å². The van der Waals surface area contributed by atoms with Gasteiger partial charge in [0, 0.05) is 32.0 Å². The number of nitrogens with zero attached hydrogens (tertiary/aromatic N) is 1. The van der Waals surface area contributed by atoms with Gasteiger partial charge in [-0.1, -0.05) is 30.3 Å². The first kappa shape index (κ1) is 11.0. The first-order chi connectivity index (χ1) is 8.33. The van der Waals surface area contributed by atoms with E-state index in [9.17, 15) is 4.79 Å². The van der Waals surface area contributed by atoms with Gasteiger partial charge in [-0.15, -0.1) is 0 Å². The number of ketones is 1. The second-order valence-corrected chi connectivity index (χ2v) is 5.38. The van der Waals surface area contributed by atoms with Gasteiger partial charge in [0.25, 0.3) is 0 Å². The third kappa shape index (κ3) is 2.58. The lowest BCUT2D eigenvalue weighted by Crippen LogP contribution is -2.41. The molecule has 1 aliphatic heterocycles. The van der Waals surface area contributed by atoms with Gasteiger partial charge in [-0.3, -0.25) is 9.69 Å². The number of benzene rings is 1. The summed E-state index contributed by atoms with van der Waals surface area (Å²) < 4.78 is 0. The quantitative estimate of drug-likeness (QED) is 0.793. The summed E-state index contributed by atoms with van der Waals surface area (Å²) >= 11 is 0. The first-order valence-electron chi connectivity index (χ1n) is 6.62. The average molecular weight is 229 g/mol. The van der Waals surface area contributed by atoms with Gasteiger partial charge in [0.2, 0.25) is 0 Å². The van der Waals surface area contributed by atoms with Crippen LogP contribution in [0, 0.1) is 11.8 Å². The number of Topliss-reactive ketones (excluding diaryl/α,β-unsaturated/α-hetero) is 1. The highest BCUT2D eigenvalue weighted by Gasteiger charge is 2.38. The van der Waals surface area contributed by atoms with E-state index in [0.29, 0.717) is 17.6 Å². The van der Waals surface area contributed by atoms with Crippen molar-refractivity contribution in [3.05, 3.63) is 35.9 Å². The summed E-state index contributed by atoms with van der Waals surface area (Å²) in [5, 5.41) is 0. The van der Waals surface area contributed by atoms with Gasteiger partial charge in [-0.2, -0.15) is 0 Å². The average Bonchev–Trinajstić information content (AvgIpc) is 3.17. The molecule has 3 rings (SSSR count). The minimum Gasteiger partial charge on any atom is -0.299 e. The third-order valence-corrected chi connectivity index (χ3v) is 3.98. The molecule has 0 N–H and O–H groups in total. The molecule has 1 aliphatic carbocycles. The Morgan fingerprint density at radius 3 is 2.65 bits per heavy atom. The van der Waals surface area contributed by atoms with Crippen molar-refractivity contribution in [3.63, 3.8) is 0 Å². The maximum atomic E-state index is 11.8. The zero-order valence-electron chi connectivity index (χ0n) is 10.1. The fraction of sp³-hybridized carbons (Fsp3) is 0.533. The monoisotopic (exact) mass is 229 g/mol. The maximum Gasteiger partial charge on any atom is 0.138 e. The summed E-state index contributed by atoms with van der Waals surface area (Å²) in [6, 6.07) is 10.6. The van der Waals surface area contributed by atoms with E-state index < -0.39 is 0 Å². The minimum atomic E-state index is 0.340. The van der Waals surface area contributed by atoms with E-state index >= 15 is 0 Å². The van der Waals surface area contributed by atoms with Crippen LogP contribution < -0.4 is 0 Å². The molecule has 1 aromatic carbocycles. The predicted molar refractivity (Wildman–Crippen MR) is 67.6 cm³/mol. The molecule has 2 heteroatoms. The van der Waals surface area contributed by atoms with Crippen LogP contribution in [0.4, 0.5) is 0 Å². The number of rotatable bonds is 3. The van der Waals surface area contributed by atoms with E-state index in [-0.39, 0.29) is 0 Å². The molecule has 2 aliphatic rings. The van der Waals surface area contributed by atoms with E-state index in [1.54, 1.807) is 0 Å². The molecule has 90 valence electrons. The smallest absolute Gasteiger partial charge is 0.138 e. The van der Waals surface area contributed by atoms with Crippen molar-refractivity contribution in [2.45, 2.75) is 25.8 Å². The molecule has 0 aromatic heterocycles. The SMILES string of the molecule is O=C1CCN(Cc2ccccc2)CC1C1CC1. The normalized spacial score (nSPS) is 26.1. The fourth-order valence-corrected chi connectivity index (χ4v) is 2.82. The standard InChI is InChI=1S/C15H19NO/c17-15-8-9-16(11-14(15)13-6-7-13)10-12-4-2-1-3-5-12/h1-5,13-14H,6-11H2. The molecular weight excluding hydrogens is 210 g/mol. The second-order valence-electron chi connectivity index (χ2n) is 5.38. The summed E-state index contributed by atoms with van der Waals surface area (Å²) in [6.45, 7) is 2.92. The summed E-state index contributed by atoms with van der Waals surface area (Å²) in [5.74, 6) is 1.56. The fourth-order valence-electron chi connectivity index (χ4n) is 2.82. The van der Waals surface area contributed by atoms with Crippen LogP contribution in [-0.4, -0.2) is 23.8 Å². The Hall–Kier alpha value is -1.15. The van der Waals surface area contributed by atoms with E-state index in [1.165, 1.54) is 18.4 Å². The molecule has 0 amide bonds. The van der Waals surface area contributed by atoms with Crippen molar-refractivity contribution in [2.24, 2.45) is 11.8 Å². The van der Waals surface area contributed by atoms with Gasteiger partial charge in [-0.05, 0) is 24.3 Å². The van der Waals surface area contributed by atoms with Gasteiger partial charge >= 0.3 is 0 Å². The molecule has 2 fully saturated rings. The van der Waals surface area contributed by atoms with Crippen LogP contribution in [0.1, 0.15) is 24.8 Å². The molecular formula is C15H19NO. The second kappa shape index (κ2) is 4.61. The lowest BCUT2D eigenvalue weighted by Gasteiger charge is -2.31. The van der Waals surface area contributed by atoms with E-state index in [0.717, 1.165) is 26.1 Å². The Morgan fingerprint density at radius 1 is 1.18 bits per heavy atom. The molecule has 0 radical (unpaired) electrons. The van der Waals surface area contributed by atoms with Crippen LogP contribution >= 0.6 is 0 Å². The lowest BCUT2D eigenvalue weighted by atomic mass is 9.91. The number of hydrogen-bond acceptors (Lipinski definition) is 2. The van der Waals surface area contributed by atoms with Crippen molar-refractivity contribution in [3.8, 4) is 0 Å². The maximum absolute atomic E-state index is 11.8. The minimum absolute atomic E-state index is 0.340. The zero-order valence-corrected chi connectivity index (χ0v) is 10.1. The van der Waals surface area contributed by atoms with Crippen LogP contribution in [0.5, 0.6) is 0 Å². The van der Waals surface area contributed by atoms with Crippen LogP contribution in [0.15, 0.2) is 30.3 Å². The van der Waals surface area contributed by atoms with Crippen molar-refractivity contribution in [2.75, 3.05) is 13.1 Å². The summed E-state index contributed by atoms with van der Waals surface area (Å²) in [7, 11) is 0. The van der Waals surface area contributed by atoms with Crippen LogP contribution in [-0.2, 0) is 11.3 Å². The van der Waals surface area contributed by atoms with E-state index in [4.69, 9.17) is 0 Å². The van der Waals surface area contributed by atoms with Gasteiger partial charge in [0.15, 0.2) is 0 Å². The third-order valence-electron chi connectivity index (χ3n) is 3.98. The molecule has 1 atom stereocenters. The number of hydrogen-bond donors (Lipinski definition) is 0. The number of piperidine rings is 1. The Labute approximate surface area is 103 Å². The number of carbonyl (C=O) groups is 1. The molecule has 1 saturated carbocycles. The Bertz CT molecular complexity index is 397. The summed E-state index contributed by atoms with van der Waals surface area (Å²) in [5.41, 5.74) is 1.36. The van der Waals surface area contributed by atoms with Crippen LogP contribution in [0.2, 0.25) is 0 Å². The number of likely N-dealkylation sites (tertiary alicyclic amines) is 1. The van der Waals surface area contributed by atoms with Crippen molar-refractivity contribution in [1.82, 2.24) is 4.90 Å². The van der Waals surface area contributed by atoms with Crippen LogP contribution in [0.3, 0.4) is 0 Å². The van der Waals surface area contributed by atoms with Gasteiger partial charge in [-0.25, -0.2) is 0 Å². The topological polar surface area (TPSA) is 20.3 Å².